The van der Waals surface area contributed by atoms with Crippen molar-refractivity contribution < 1.29 is 5.11 Å². The minimum Gasteiger partial charge on any atom is -0.385 e. The molecule has 1 aromatic carbocycles. The molecule has 1 nitrogen and oxygen atoms in total. The fraction of sp³-hybridized carbons (Fsp3) is 0.538. The van der Waals surface area contributed by atoms with Gasteiger partial charge in [0.2, 0.25) is 0 Å². The van der Waals surface area contributed by atoms with Crippen LogP contribution in [0, 0.1) is 5.92 Å². The van der Waals surface area contributed by atoms with Gasteiger partial charge < -0.3 is 5.11 Å². The van der Waals surface area contributed by atoms with Gasteiger partial charge in [0.05, 0.1) is 5.60 Å². The van der Waals surface area contributed by atoms with Gasteiger partial charge in [0.25, 0.3) is 0 Å². The standard InChI is InChI=1S/C13H18O/c1-3-10-5-4-6-12(9-10)13(2,14)11-7-8-11/h4-6,9,11,14H,3,7-8H2,1-2H3/t13-/m1/s1. The summed E-state index contributed by atoms with van der Waals surface area (Å²) in [5, 5.41) is 10.3. The highest BCUT2D eigenvalue weighted by Gasteiger charge is 2.41. The van der Waals surface area contributed by atoms with E-state index in [2.05, 4.69) is 19.1 Å². The van der Waals surface area contributed by atoms with Crippen LogP contribution in [0.4, 0.5) is 0 Å². The van der Waals surface area contributed by atoms with Gasteiger partial charge >= 0.3 is 0 Å². The quantitative estimate of drug-likeness (QED) is 0.777. The van der Waals surface area contributed by atoms with E-state index in [0.29, 0.717) is 5.92 Å². The molecule has 1 aliphatic carbocycles. The van der Waals surface area contributed by atoms with Gasteiger partial charge in [-0.3, -0.25) is 0 Å². The van der Waals surface area contributed by atoms with E-state index in [4.69, 9.17) is 0 Å². The Morgan fingerprint density at radius 2 is 2.14 bits per heavy atom. The van der Waals surface area contributed by atoms with Crippen molar-refractivity contribution in [1.82, 2.24) is 0 Å². The molecule has 0 aromatic heterocycles. The van der Waals surface area contributed by atoms with Crippen LogP contribution in [0.15, 0.2) is 24.3 Å². The van der Waals surface area contributed by atoms with Crippen LogP contribution in [0.1, 0.15) is 37.8 Å². The van der Waals surface area contributed by atoms with E-state index < -0.39 is 5.60 Å². The molecule has 0 unspecified atom stereocenters. The molecule has 0 saturated heterocycles. The van der Waals surface area contributed by atoms with Crippen LogP contribution in [0.3, 0.4) is 0 Å². The predicted molar refractivity (Wildman–Crippen MR) is 58.1 cm³/mol. The lowest BCUT2D eigenvalue weighted by molar-refractivity contribution is 0.0330. The summed E-state index contributed by atoms with van der Waals surface area (Å²) < 4.78 is 0. The second-order valence-electron chi connectivity index (χ2n) is 4.48. The Bertz CT molecular complexity index is 324. The number of rotatable bonds is 3. The summed E-state index contributed by atoms with van der Waals surface area (Å²) in [4.78, 5) is 0. The molecule has 14 heavy (non-hydrogen) atoms. The summed E-state index contributed by atoms with van der Waals surface area (Å²) in [6.45, 7) is 4.09. The molecule has 2 rings (SSSR count). The van der Waals surface area contributed by atoms with E-state index in [-0.39, 0.29) is 0 Å². The van der Waals surface area contributed by atoms with E-state index >= 15 is 0 Å². The lowest BCUT2D eigenvalue weighted by Gasteiger charge is -2.24. The molecule has 76 valence electrons. The van der Waals surface area contributed by atoms with Gasteiger partial charge in [0, 0.05) is 0 Å². The highest BCUT2D eigenvalue weighted by atomic mass is 16.3. The largest absolute Gasteiger partial charge is 0.385 e. The molecule has 1 aromatic rings. The van der Waals surface area contributed by atoms with Crippen molar-refractivity contribution in [3.63, 3.8) is 0 Å². The Hall–Kier alpha value is -0.820. The zero-order valence-electron chi connectivity index (χ0n) is 8.96. The van der Waals surface area contributed by atoms with E-state index in [9.17, 15) is 5.11 Å². The third-order valence-corrected chi connectivity index (χ3v) is 3.29. The molecule has 1 fully saturated rings. The van der Waals surface area contributed by atoms with Crippen molar-refractivity contribution in [3.8, 4) is 0 Å². The number of hydrogen-bond donors (Lipinski definition) is 1. The maximum Gasteiger partial charge on any atom is 0.0896 e. The third-order valence-electron chi connectivity index (χ3n) is 3.29. The average Bonchev–Trinajstić information content (AvgIpc) is 3.01. The Morgan fingerprint density at radius 3 is 2.71 bits per heavy atom. The minimum absolute atomic E-state index is 0.481. The first kappa shape index (κ1) is 9.72. The lowest BCUT2D eigenvalue weighted by atomic mass is 9.89. The van der Waals surface area contributed by atoms with Crippen LogP contribution in [-0.2, 0) is 12.0 Å². The summed E-state index contributed by atoms with van der Waals surface area (Å²) in [6, 6.07) is 8.34. The van der Waals surface area contributed by atoms with Crippen LogP contribution < -0.4 is 0 Å². The number of aliphatic hydroxyl groups is 1. The number of benzene rings is 1. The van der Waals surface area contributed by atoms with E-state index in [0.717, 1.165) is 12.0 Å². The summed E-state index contributed by atoms with van der Waals surface area (Å²) in [5.41, 5.74) is 1.79. The topological polar surface area (TPSA) is 20.2 Å². The van der Waals surface area contributed by atoms with Gasteiger partial charge in [-0.2, -0.15) is 0 Å². The number of aryl methyl sites for hydroxylation is 1. The molecule has 0 aliphatic heterocycles. The van der Waals surface area contributed by atoms with Crippen molar-refractivity contribution in [1.29, 1.82) is 0 Å². The van der Waals surface area contributed by atoms with Crippen molar-refractivity contribution in [2.75, 3.05) is 0 Å². The molecule has 0 heterocycles. The van der Waals surface area contributed by atoms with E-state index in [1.807, 2.05) is 19.1 Å². The van der Waals surface area contributed by atoms with Crippen molar-refractivity contribution in [2.45, 2.75) is 38.7 Å². The van der Waals surface area contributed by atoms with Crippen LogP contribution in [-0.4, -0.2) is 5.11 Å². The summed E-state index contributed by atoms with van der Waals surface area (Å²) >= 11 is 0. The molecule has 0 amide bonds. The van der Waals surface area contributed by atoms with Gasteiger partial charge in [-0.1, -0.05) is 31.2 Å². The highest BCUT2D eigenvalue weighted by Crippen LogP contribution is 2.45. The molecule has 0 spiro atoms. The Balaban J connectivity index is 2.30. The molecule has 0 bridgehead atoms. The molecule has 1 atom stereocenters. The maximum atomic E-state index is 10.3. The van der Waals surface area contributed by atoms with E-state index in [1.54, 1.807) is 0 Å². The fourth-order valence-corrected chi connectivity index (χ4v) is 1.99. The smallest absolute Gasteiger partial charge is 0.0896 e. The van der Waals surface area contributed by atoms with Gasteiger partial charge in [0.15, 0.2) is 0 Å². The third kappa shape index (κ3) is 1.69. The summed E-state index contributed by atoms with van der Waals surface area (Å²) in [6.07, 6.45) is 3.38. The molecule has 1 aliphatic rings. The van der Waals surface area contributed by atoms with Gasteiger partial charge in [-0.15, -0.1) is 0 Å². The first-order valence-corrected chi connectivity index (χ1v) is 5.46. The normalized spacial score (nSPS) is 20.5. The van der Waals surface area contributed by atoms with Crippen LogP contribution >= 0.6 is 0 Å². The SMILES string of the molecule is CCc1cccc([C@](C)(O)C2CC2)c1. The maximum absolute atomic E-state index is 10.3. The molecule has 1 heteroatoms. The minimum atomic E-state index is -0.606. The van der Waals surface area contributed by atoms with Crippen molar-refractivity contribution >= 4 is 0 Å². The van der Waals surface area contributed by atoms with Gasteiger partial charge in [-0.25, -0.2) is 0 Å². The van der Waals surface area contributed by atoms with Crippen LogP contribution in [0.25, 0.3) is 0 Å². The van der Waals surface area contributed by atoms with Gasteiger partial charge in [0.1, 0.15) is 0 Å². The number of hydrogen-bond acceptors (Lipinski definition) is 1. The molecule has 1 saturated carbocycles. The average molecular weight is 190 g/mol. The zero-order valence-corrected chi connectivity index (χ0v) is 8.96. The monoisotopic (exact) mass is 190 g/mol. The molecule has 0 radical (unpaired) electrons. The second-order valence-corrected chi connectivity index (χ2v) is 4.48. The Morgan fingerprint density at radius 1 is 1.43 bits per heavy atom. The first-order valence-electron chi connectivity index (χ1n) is 5.46. The van der Waals surface area contributed by atoms with E-state index in [1.165, 1.54) is 18.4 Å². The van der Waals surface area contributed by atoms with Crippen LogP contribution in [0.2, 0.25) is 0 Å². The molecule has 1 N–H and O–H groups in total. The van der Waals surface area contributed by atoms with Crippen molar-refractivity contribution in [2.24, 2.45) is 5.92 Å². The Labute approximate surface area is 85.8 Å². The zero-order chi connectivity index (χ0) is 10.2. The highest BCUT2D eigenvalue weighted by molar-refractivity contribution is 5.29. The fourth-order valence-electron chi connectivity index (χ4n) is 1.99. The first-order chi connectivity index (χ1) is 6.64. The van der Waals surface area contributed by atoms with Crippen molar-refractivity contribution in [3.05, 3.63) is 35.4 Å². The lowest BCUT2D eigenvalue weighted by Crippen LogP contribution is -2.23. The summed E-state index contributed by atoms with van der Waals surface area (Å²) in [5.74, 6) is 0.481. The van der Waals surface area contributed by atoms with Crippen LogP contribution in [0.5, 0.6) is 0 Å². The molecular weight excluding hydrogens is 172 g/mol. The molecular formula is C13H18O. The predicted octanol–water partition coefficient (Wildman–Crippen LogP) is 2.87. The summed E-state index contributed by atoms with van der Waals surface area (Å²) in [7, 11) is 0. The second kappa shape index (κ2) is 3.39. The van der Waals surface area contributed by atoms with Gasteiger partial charge in [-0.05, 0) is 43.2 Å². The Kier molecular flexibility index (Phi) is 2.36.